The summed E-state index contributed by atoms with van der Waals surface area (Å²) in [4.78, 5) is 4.75. The third-order valence-electron chi connectivity index (χ3n) is 4.03. The van der Waals surface area contributed by atoms with Crippen molar-refractivity contribution < 1.29 is 9.47 Å². The highest BCUT2D eigenvalue weighted by atomic mass is 16.6. The second-order valence-corrected chi connectivity index (χ2v) is 5.60. The number of anilines is 1. The molecule has 1 aliphatic rings. The monoisotopic (exact) mass is 320 g/mol. The molecule has 6 heteroatoms. The first kappa shape index (κ1) is 14.4. The van der Waals surface area contributed by atoms with Gasteiger partial charge in [0.2, 0.25) is 0 Å². The molecule has 1 aliphatic heterocycles. The van der Waals surface area contributed by atoms with Crippen LogP contribution in [0.2, 0.25) is 0 Å². The van der Waals surface area contributed by atoms with Crippen LogP contribution in [0.25, 0.3) is 22.4 Å². The minimum Gasteiger partial charge on any atom is -0.486 e. The third-order valence-corrected chi connectivity index (χ3v) is 4.03. The fourth-order valence-electron chi connectivity index (χ4n) is 2.90. The lowest BCUT2D eigenvalue weighted by Gasteiger charge is -2.18. The molecule has 0 atom stereocenters. The molecule has 0 amide bonds. The Labute approximate surface area is 139 Å². The summed E-state index contributed by atoms with van der Waals surface area (Å²) in [6.07, 6.45) is 0.405. The van der Waals surface area contributed by atoms with E-state index >= 15 is 0 Å². The standard InChI is InChI=1S/C18H16N4O2/c19-6-1-7-22-15-11-17-16(23-8-9-24-17)10-14(15)21-18(22)12-2-4-13(20)5-3-12/h2-5,10-11H,1,7-9,20H2. The van der Waals surface area contributed by atoms with Crippen LogP contribution in [-0.2, 0) is 6.54 Å². The maximum absolute atomic E-state index is 8.98. The largest absolute Gasteiger partial charge is 0.486 e. The van der Waals surface area contributed by atoms with E-state index in [4.69, 9.17) is 25.5 Å². The van der Waals surface area contributed by atoms with Crippen LogP contribution in [0, 0.1) is 11.3 Å². The Morgan fingerprint density at radius 3 is 2.54 bits per heavy atom. The molecule has 2 N–H and O–H groups in total. The number of fused-ring (bicyclic) bond motifs is 2. The molecule has 0 bridgehead atoms. The van der Waals surface area contributed by atoms with Gasteiger partial charge in [0, 0.05) is 29.9 Å². The zero-order chi connectivity index (χ0) is 16.5. The van der Waals surface area contributed by atoms with E-state index in [1.54, 1.807) is 0 Å². The summed E-state index contributed by atoms with van der Waals surface area (Å²) in [6.45, 7) is 1.64. The Hall–Kier alpha value is -3.20. The molecule has 0 radical (unpaired) electrons. The van der Waals surface area contributed by atoms with Crippen LogP contribution in [0.4, 0.5) is 5.69 Å². The molecule has 0 spiro atoms. The summed E-state index contributed by atoms with van der Waals surface area (Å²) in [7, 11) is 0. The maximum atomic E-state index is 8.98. The molecule has 1 aromatic heterocycles. The molecule has 0 fully saturated rings. The van der Waals surface area contributed by atoms with Crippen molar-refractivity contribution in [3.63, 3.8) is 0 Å². The van der Waals surface area contributed by atoms with Crippen LogP contribution in [-0.4, -0.2) is 22.8 Å². The lowest BCUT2D eigenvalue weighted by molar-refractivity contribution is 0.172. The number of nitrogens with zero attached hydrogens (tertiary/aromatic N) is 3. The van der Waals surface area contributed by atoms with Gasteiger partial charge in [0.25, 0.3) is 0 Å². The Kier molecular flexibility index (Phi) is 3.47. The van der Waals surface area contributed by atoms with Crippen LogP contribution >= 0.6 is 0 Å². The van der Waals surface area contributed by atoms with E-state index < -0.39 is 0 Å². The van der Waals surface area contributed by atoms with Crippen LogP contribution in [0.3, 0.4) is 0 Å². The van der Waals surface area contributed by atoms with Gasteiger partial charge >= 0.3 is 0 Å². The van der Waals surface area contributed by atoms with Crippen molar-refractivity contribution in [2.45, 2.75) is 13.0 Å². The molecule has 4 rings (SSSR count). The molecule has 24 heavy (non-hydrogen) atoms. The van der Waals surface area contributed by atoms with Crippen LogP contribution in [0.15, 0.2) is 36.4 Å². The summed E-state index contributed by atoms with van der Waals surface area (Å²) in [5.74, 6) is 2.24. The van der Waals surface area contributed by atoms with Gasteiger partial charge in [-0.25, -0.2) is 4.98 Å². The van der Waals surface area contributed by atoms with E-state index in [0.717, 1.165) is 28.2 Å². The Balaban J connectivity index is 1.91. The van der Waals surface area contributed by atoms with Crippen molar-refractivity contribution in [1.82, 2.24) is 9.55 Å². The number of aryl methyl sites for hydroxylation is 1. The average Bonchev–Trinajstić information content (AvgIpc) is 2.96. The van der Waals surface area contributed by atoms with Crippen LogP contribution < -0.4 is 15.2 Å². The highest BCUT2D eigenvalue weighted by Gasteiger charge is 2.18. The number of rotatable bonds is 3. The summed E-state index contributed by atoms with van der Waals surface area (Å²) in [6, 6.07) is 13.6. The minimum atomic E-state index is 0.405. The Bertz CT molecular complexity index is 938. The molecule has 0 aliphatic carbocycles. The van der Waals surface area contributed by atoms with Crippen molar-refractivity contribution in [2.24, 2.45) is 0 Å². The number of aromatic nitrogens is 2. The van der Waals surface area contributed by atoms with E-state index in [2.05, 4.69) is 6.07 Å². The zero-order valence-corrected chi connectivity index (χ0v) is 13.0. The Morgan fingerprint density at radius 1 is 1.12 bits per heavy atom. The van der Waals surface area contributed by atoms with Gasteiger partial charge in [-0.1, -0.05) is 0 Å². The number of nitriles is 1. The van der Waals surface area contributed by atoms with Gasteiger partial charge in [0.05, 0.1) is 23.5 Å². The van der Waals surface area contributed by atoms with Gasteiger partial charge in [-0.3, -0.25) is 0 Å². The van der Waals surface area contributed by atoms with E-state index in [1.165, 1.54) is 0 Å². The number of nitrogen functional groups attached to an aromatic ring is 1. The van der Waals surface area contributed by atoms with Crippen molar-refractivity contribution in [3.05, 3.63) is 36.4 Å². The van der Waals surface area contributed by atoms with Gasteiger partial charge in [0.1, 0.15) is 19.0 Å². The second-order valence-electron chi connectivity index (χ2n) is 5.60. The van der Waals surface area contributed by atoms with Gasteiger partial charge in [0.15, 0.2) is 11.5 Å². The molecule has 2 aromatic carbocycles. The molecule has 6 nitrogen and oxygen atoms in total. The molecule has 0 saturated carbocycles. The molecule has 120 valence electrons. The van der Waals surface area contributed by atoms with Gasteiger partial charge in [-0.2, -0.15) is 5.26 Å². The Morgan fingerprint density at radius 2 is 1.83 bits per heavy atom. The lowest BCUT2D eigenvalue weighted by Crippen LogP contribution is -2.15. The van der Waals surface area contributed by atoms with Gasteiger partial charge in [-0.05, 0) is 24.3 Å². The van der Waals surface area contributed by atoms with E-state index in [-0.39, 0.29) is 0 Å². The highest BCUT2D eigenvalue weighted by Crippen LogP contribution is 2.36. The molecule has 3 aromatic rings. The van der Waals surface area contributed by atoms with E-state index in [1.807, 2.05) is 41.0 Å². The number of ether oxygens (including phenoxy) is 2. The minimum absolute atomic E-state index is 0.405. The first-order valence-corrected chi connectivity index (χ1v) is 7.79. The van der Waals surface area contributed by atoms with E-state index in [0.29, 0.717) is 37.6 Å². The first-order chi connectivity index (χ1) is 11.8. The predicted molar refractivity (Wildman–Crippen MR) is 90.8 cm³/mol. The number of benzene rings is 2. The van der Waals surface area contributed by atoms with Crippen LogP contribution in [0.1, 0.15) is 6.42 Å². The number of hydrogen-bond donors (Lipinski definition) is 1. The summed E-state index contributed by atoms with van der Waals surface area (Å²) < 4.78 is 13.4. The molecule has 2 heterocycles. The van der Waals surface area contributed by atoms with Crippen molar-refractivity contribution in [1.29, 1.82) is 5.26 Å². The molecular weight excluding hydrogens is 304 g/mol. The number of hydrogen-bond acceptors (Lipinski definition) is 5. The van der Waals surface area contributed by atoms with Crippen molar-refractivity contribution in [2.75, 3.05) is 18.9 Å². The quantitative estimate of drug-likeness (QED) is 0.750. The lowest BCUT2D eigenvalue weighted by atomic mass is 10.2. The average molecular weight is 320 g/mol. The first-order valence-electron chi connectivity index (χ1n) is 7.79. The highest BCUT2D eigenvalue weighted by molar-refractivity contribution is 5.84. The third kappa shape index (κ3) is 2.40. The second kappa shape index (κ2) is 5.78. The maximum Gasteiger partial charge on any atom is 0.163 e. The summed E-state index contributed by atoms with van der Waals surface area (Å²) in [5.41, 5.74) is 9.19. The van der Waals surface area contributed by atoms with Crippen molar-refractivity contribution in [3.8, 4) is 29.0 Å². The smallest absolute Gasteiger partial charge is 0.163 e. The zero-order valence-electron chi connectivity index (χ0n) is 13.0. The predicted octanol–water partition coefficient (Wildman–Crippen LogP) is 2.97. The van der Waals surface area contributed by atoms with Crippen molar-refractivity contribution >= 4 is 16.7 Å². The topological polar surface area (TPSA) is 86.1 Å². The molecular formula is C18H16N4O2. The number of nitrogens with two attached hydrogens (primary N) is 1. The van der Waals surface area contributed by atoms with Crippen LogP contribution in [0.5, 0.6) is 11.5 Å². The summed E-state index contributed by atoms with van der Waals surface area (Å²) >= 11 is 0. The number of imidazole rings is 1. The normalized spacial score (nSPS) is 13.0. The molecule has 0 saturated heterocycles. The summed E-state index contributed by atoms with van der Waals surface area (Å²) in [5, 5.41) is 8.98. The SMILES string of the molecule is N#CCCn1c(-c2ccc(N)cc2)nc2cc3c(cc21)OCCO3. The fourth-order valence-corrected chi connectivity index (χ4v) is 2.90. The van der Waals surface area contributed by atoms with E-state index in [9.17, 15) is 0 Å². The molecule has 0 unspecified atom stereocenters. The van der Waals surface area contributed by atoms with Gasteiger partial charge in [-0.15, -0.1) is 0 Å². The van der Waals surface area contributed by atoms with Gasteiger partial charge < -0.3 is 19.8 Å². The fraction of sp³-hybridized carbons (Fsp3) is 0.222.